The zero-order valence-corrected chi connectivity index (χ0v) is 16.5. The van der Waals surface area contributed by atoms with Crippen LogP contribution in [-0.2, 0) is 7.05 Å². The topological polar surface area (TPSA) is 80.2 Å². The molecular formula is C20H25F2N5O2. The monoisotopic (exact) mass is 405 g/mol. The molecule has 1 aliphatic heterocycles. The maximum Gasteiger partial charge on any atom is 0.319 e. The van der Waals surface area contributed by atoms with Crippen LogP contribution in [0.25, 0.3) is 11.3 Å². The van der Waals surface area contributed by atoms with Gasteiger partial charge in [0, 0.05) is 31.0 Å². The van der Waals surface area contributed by atoms with E-state index in [1.807, 2.05) is 13.1 Å². The molecule has 29 heavy (non-hydrogen) atoms. The van der Waals surface area contributed by atoms with Crippen molar-refractivity contribution in [3.63, 3.8) is 0 Å². The van der Waals surface area contributed by atoms with E-state index in [1.165, 1.54) is 6.92 Å². The molecular weight excluding hydrogens is 380 g/mol. The number of carbonyl (C=O) groups excluding carboxylic acids is 1. The SMILES string of the molecule is CC(CF)=C(F)CNC(=O)Nc1ccc(O[C@H]2CCNC2)c(-c2ccnn2C)c1. The van der Waals surface area contributed by atoms with E-state index in [0.29, 0.717) is 11.4 Å². The number of aryl methyl sites for hydroxylation is 1. The number of anilines is 1. The number of aromatic nitrogens is 2. The lowest BCUT2D eigenvalue weighted by Crippen LogP contribution is -2.30. The second-order valence-electron chi connectivity index (χ2n) is 6.91. The molecule has 0 radical (unpaired) electrons. The second-order valence-corrected chi connectivity index (χ2v) is 6.91. The number of allylic oxidation sites excluding steroid dienone is 1. The molecule has 3 N–H and O–H groups in total. The zero-order valence-electron chi connectivity index (χ0n) is 16.5. The van der Waals surface area contributed by atoms with E-state index in [9.17, 15) is 13.6 Å². The third-order valence-corrected chi connectivity index (χ3v) is 4.71. The second kappa shape index (κ2) is 9.51. The average molecular weight is 405 g/mol. The number of amides is 2. The van der Waals surface area contributed by atoms with Gasteiger partial charge >= 0.3 is 6.03 Å². The Morgan fingerprint density at radius 1 is 1.41 bits per heavy atom. The average Bonchev–Trinajstić information content (AvgIpc) is 3.38. The van der Waals surface area contributed by atoms with Gasteiger partial charge in [-0.25, -0.2) is 13.6 Å². The van der Waals surface area contributed by atoms with Gasteiger partial charge in [0.05, 0.1) is 12.2 Å². The zero-order chi connectivity index (χ0) is 20.8. The van der Waals surface area contributed by atoms with Crippen LogP contribution in [0.2, 0.25) is 0 Å². The summed E-state index contributed by atoms with van der Waals surface area (Å²) in [6, 6.07) is 6.57. The third kappa shape index (κ3) is 5.32. The molecule has 2 amide bonds. The van der Waals surface area contributed by atoms with E-state index in [1.54, 1.807) is 29.1 Å². The summed E-state index contributed by atoms with van der Waals surface area (Å²) < 4.78 is 33.9. The Morgan fingerprint density at radius 3 is 2.90 bits per heavy atom. The van der Waals surface area contributed by atoms with Crippen LogP contribution in [0.4, 0.5) is 19.3 Å². The molecule has 1 aromatic heterocycles. The molecule has 2 aromatic rings. The number of ether oxygens (including phenoxy) is 1. The fraction of sp³-hybridized carbons (Fsp3) is 0.400. The van der Waals surface area contributed by atoms with Crippen molar-refractivity contribution in [1.29, 1.82) is 0 Å². The van der Waals surface area contributed by atoms with Crippen LogP contribution in [-0.4, -0.2) is 48.2 Å². The van der Waals surface area contributed by atoms with E-state index < -0.39 is 18.5 Å². The van der Waals surface area contributed by atoms with E-state index in [4.69, 9.17) is 4.74 Å². The van der Waals surface area contributed by atoms with Gasteiger partial charge in [-0.2, -0.15) is 5.10 Å². The number of urea groups is 1. The van der Waals surface area contributed by atoms with Crippen molar-refractivity contribution < 1.29 is 18.3 Å². The maximum absolute atomic E-state index is 13.6. The molecule has 2 heterocycles. The minimum absolute atomic E-state index is 0.0355. The Kier molecular flexibility index (Phi) is 6.82. The van der Waals surface area contributed by atoms with Gasteiger partial charge in [-0.1, -0.05) is 0 Å². The van der Waals surface area contributed by atoms with Crippen molar-refractivity contribution >= 4 is 11.7 Å². The standard InChI is InChI=1S/C20H25F2N5O2/c1-13(10-21)17(22)12-24-20(28)26-14-3-4-19(29-15-5-7-23-11-15)16(9-14)18-6-8-25-27(18)2/h3-4,6,8-9,15,23H,5,7,10-12H2,1-2H3,(H2,24,26,28)/t15-/m0/s1. The minimum Gasteiger partial charge on any atom is -0.488 e. The fourth-order valence-corrected chi connectivity index (χ4v) is 3.01. The summed E-state index contributed by atoms with van der Waals surface area (Å²) in [7, 11) is 1.82. The first-order valence-corrected chi connectivity index (χ1v) is 9.42. The largest absolute Gasteiger partial charge is 0.488 e. The summed E-state index contributed by atoms with van der Waals surface area (Å²) in [5, 5.41) is 12.5. The Bertz CT molecular complexity index is 891. The number of nitrogens with zero attached hydrogens (tertiary/aromatic N) is 2. The lowest BCUT2D eigenvalue weighted by molar-refractivity contribution is 0.224. The van der Waals surface area contributed by atoms with Crippen LogP contribution >= 0.6 is 0 Å². The molecule has 0 spiro atoms. The smallest absolute Gasteiger partial charge is 0.319 e. The van der Waals surface area contributed by atoms with Crippen LogP contribution in [0, 0.1) is 0 Å². The first kappa shape index (κ1) is 20.8. The summed E-state index contributed by atoms with van der Waals surface area (Å²) >= 11 is 0. The van der Waals surface area contributed by atoms with Crippen LogP contribution in [0.3, 0.4) is 0 Å². The van der Waals surface area contributed by atoms with Gasteiger partial charge in [0.15, 0.2) is 0 Å². The van der Waals surface area contributed by atoms with Crippen LogP contribution in [0.5, 0.6) is 5.75 Å². The first-order valence-electron chi connectivity index (χ1n) is 9.42. The van der Waals surface area contributed by atoms with Crippen molar-refractivity contribution in [1.82, 2.24) is 20.4 Å². The van der Waals surface area contributed by atoms with Gasteiger partial charge in [0.1, 0.15) is 24.4 Å². The van der Waals surface area contributed by atoms with Gasteiger partial charge in [0.25, 0.3) is 0 Å². The highest BCUT2D eigenvalue weighted by Crippen LogP contribution is 2.33. The third-order valence-electron chi connectivity index (χ3n) is 4.71. The van der Waals surface area contributed by atoms with E-state index >= 15 is 0 Å². The van der Waals surface area contributed by atoms with Crippen molar-refractivity contribution in [3.8, 4) is 17.0 Å². The normalized spacial score (nSPS) is 17.0. The Hall–Kier alpha value is -2.94. The Labute approximate surface area is 168 Å². The molecule has 1 fully saturated rings. The van der Waals surface area contributed by atoms with Gasteiger partial charge < -0.3 is 20.7 Å². The van der Waals surface area contributed by atoms with Crippen molar-refractivity contribution in [2.75, 3.05) is 31.6 Å². The van der Waals surface area contributed by atoms with E-state index in [-0.39, 0.29) is 18.2 Å². The number of hydrogen-bond acceptors (Lipinski definition) is 4. The summed E-state index contributed by atoms with van der Waals surface area (Å²) in [5.74, 6) is 0.00736. The number of alkyl halides is 1. The summed E-state index contributed by atoms with van der Waals surface area (Å²) in [6.45, 7) is 1.78. The first-order chi connectivity index (χ1) is 14.0. The number of benzene rings is 1. The van der Waals surface area contributed by atoms with Gasteiger partial charge in [-0.3, -0.25) is 4.68 Å². The highest BCUT2D eigenvalue weighted by atomic mass is 19.1. The molecule has 1 aromatic carbocycles. The van der Waals surface area contributed by atoms with Crippen molar-refractivity contribution in [2.24, 2.45) is 7.05 Å². The van der Waals surface area contributed by atoms with Crippen LogP contribution in [0.15, 0.2) is 41.9 Å². The summed E-state index contributed by atoms with van der Waals surface area (Å²) in [6.07, 6.45) is 2.69. The number of carbonyl (C=O) groups is 1. The molecule has 9 heteroatoms. The van der Waals surface area contributed by atoms with Crippen molar-refractivity contribution in [3.05, 3.63) is 41.9 Å². The fourth-order valence-electron chi connectivity index (χ4n) is 3.01. The lowest BCUT2D eigenvalue weighted by Gasteiger charge is -2.17. The Morgan fingerprint density at radius 2 is 2.24 bits per heavy atom. The highest BCUT2D eigenvalue weighted by molar-refractivity contribution is 5.90. The molecule has 0 saturated carbocycles. The van der Waals surface area contributed by atoms with Crippen molar-refractivity contribution in [2.45, 2.75) is 19.4 Å². The predicted molar refractivity (Wildman–Crippen MR) is 107 cm³/mol. The summed E-state index contributed by atoms with van der Waals surface area (Å²) in [4.78, 5) is 12.1. The van der Waals surface area contributed by atoms with Gasteiger partial charge in [-0.05, 0) is 49.7 Å². The lowest BCUT2D eigenvalue weighted by atomic mass is 10.1. The van der Waals surface area contributed by atoms with E-state index in [0.717, 1.165) is 30.8 Å². The van der Waals surface area contributed by atoms with Crippen LogP contribution < -0.4 is 20.7 Å². The number of rotatable bonds is 7. The summed E-state index contributed by atoms with van der Waals surface area (Å²) in [5.41, 5.74) is 2.10. The maximum atomic E-state index is 13.6. The Balaban J connectivity index is 1.76. The molecule has 0 aliphatic carbocycles. The molecule has 0 bridgehead atoms. The molecule has 3 rings (SSSR count). The molecule has 0 unspecified atom stereocenters. The van der Waals surface area contributed by atoms with Crippen LogP contribution in [0.1, 0.15) is 13.3 Å². The number of hydrogen-bond donors (Lipinski definition) is 3. The van der Waals surface area contributed by atoms with Gasteiger partial charge in [0.2, 0.25) is 0 Å². The molecule has 7 nitrogen and oxygen atoms in total. The molecule has 1 aliphatic rings. The molecule has 1 saturated heterocycles. The highest BCUT2D eigenvalue weighted by Gasteiger charge is 2.19. The molecule has 1 atom stereocenters. The van der Waals surface area contributed by atoms with Gasteiger partial charge in [-0.15, -0.1) is 0 Å². The number of halogens is 2. The predicted octanol–water partition coefficient (Wildman–Crippen LogP) is 3.16. The quantitative estimate of drug-likeness (QED) is 0.661. The number of nitrogens with one attached hydrogen (secondary N) is 3. The van der Waals surface area contributed by atoms with E-state index in [2.05, 4.69) is 21.0 Å². The minimum atomic E-state index is -0.888. The molecule has 156 valence electrons.